The van der Waals surface area contributed by atoms with E-state index in [4.69, 9.17) is 16.3 Å². The van der Waals surface area contributed by atoms with Crippen molar-refractivity contribution in [3.8, 4) is 5.75 Å². The molecule has 0 unspecified atom stereocenters. The molecule has 0 heterocycles. The molecule has 0 aromatic heterocycles. The molecule has 1 aliphatic rings. The van der Waals surface area contributed by atoms with Crippen LogP contribution in [0.5, 0.6) is 5.75 Å². The van der Waals surface area contributed by atoms with Gasteiger partial charge in [0.1, 0.15) is 5.75 Å². The molecule has 2 aromatic carbocycles. The van der Waals surface area contributed by atoms with Crippen molar-refractivity contribution in [1.82, 2.24) is 5.32 Å². The van der Waals surface area contributed by atoms with Crippen LogP contribution < -0.4 is 15.4 Å². The quantitative estimate of drug-likeness (QED) is 0.619. The second-order valence-electron chi connectivity index (χ2n) is 6.47. The Hall–Kier alpha value is -2.05. The monoisotopic (exact) mass is 450 g/mol. The van der Waals surface area contributed by atoms with E-state index in [1.807, 2.05) is 12.1 Å². The molecule has 2 amide bonds. The van der Waals surface area contributed by atoms with Gasteiger partial charge in [0.05, 0.1) is 5.56 Å². The highest BCUT2D eigenvalue weighted by Gasteiger charge is 2.20. The molecule has 0 aliphatic heterocycles. The average Bonchev–Trinajstić information content (AvgIpc) is 2.66. The maximum absolute atomic E-state index is 12.7. The van der Waals surface area contributed by atoms with Gasteiger partial charge in [-0.05, 0) is 55.3 Å². The maximum atomic E-state index is 12.7. The Kier molecular flexibility index (Phi) is 6.74. The Morgan fingerprint density at radius 2 is 1.74 bits per heavy atom. The molecule has 142 valence electrons. The topological polar surface area (TPSA) is 67.4 Å². The Bertz CT molecular complexity index is 820. The summed E-state index contributed by atoms with van der Waals surface area (Å²) in [6.45, 7) is 0. The molecule has 5 nitrogen and oxygen atoms in total. The Morgan fingerprint density at radius 3 is 2.44 bits per heavy atom. The fraction of sp³-hybridized carbons (Fsp3) is 0.300. The van der Waals surface area contributed by atoms with E-state index in [1.165, 1.54) is 18.6 Å². The predicted octanol–water partition coefficient (Wildman–Crippen LogP) is 5.78. The van der Waals surface area contributed by atoms with Gasteiger partial charge in [0.2, 0.25) is 0 Å². The zero-order chi connectivity index (χ0) is 19.2. The first-order valence-corrected chi connectivity index (χ1v) is 10.0. The standard InChI is InChI=1S/C20H20BrClN2O3/c21-13-6-9-16(10-7-13)23-19(25)17-12-14(22)8-11-18(17)27-20(26)24-15-4-2-1-3-5-15/h6-12,15H,1-5H2,(H,23,25)(H,24,26). The second-order valence-corrected chi connectivity index (χ2v) is 7.82. The summed E-state index contributed by atoms with van der Waals surface area (Å²) < 4.78 is 6.31. The van der Waals surface area contributed by atoms with Gasteiger partial charge in [-0.1, -0.05) is 46.8 Å². The van der Waals surface area contributed by atoms with Crippen LogP contribution in [0, 0.1) is 0 Å². The lowest BCUT2D eigenvalue weighted by Crippen LogP contribution is -2.38. The molecule has 0 radical (unpaired) electrons. The van der Waals surface area contributed by atoms with E-state index in [-0.39, 0.29) is 17.4 Å². The summed E-state index contributed by atoms with van der Waals surface area (Å²) in [7, 11) is 0. The van der Waals surface area contributed by atoms with Gasteiger partial charge in [-0.15, -0.1) is 0 Å². The molecule has 2 aromatic rings. The molecule has 2 N–H and O–H groups in total. The lowest BCUT2D eigenvalue weighted by Gasteiger charge is -2.22. The van der Waals surface area contributed by atoms with Crippen LogP contribution in [0.25, 0.3) is 0 Å². The summed E-state index contributed by atoms with van der Waals surface area (Å²) in [5.74, 6) is -0.234. The first kappa shape index (κ1) is 19.7. The first-order valence-electron chi connectivity index (χ1n) is 8.86. The number of carbonyl (C=O) groups is 2. The van der Waals surface area contributed by atoms with E-state index >= 15 is 0 Å². The zero-order valence-corrected chi connectivity index (χ0v) is 17.0. The smallest absolute Gasteiger partial charge is 0.409 e. The van der Waals surface area contributed by atoms with Gasteiger partial charge in [0.15, 0.2) is 0 Å². The highest BCUT2D eigenvalue weighted by molar-refractivity contribution is 9.10. The van der Waals surface area contributed by atoms with Gasteiger partial charge in [-0.2, -0.15) is 0 Å². The Morgan fingerprint density at radius 1 is 1.04 bits per heavy atom. The van der Waals surface area contributed by atoms with Gasteiger partial charge in [0, 0.05) is 21.2 Å². The third kappa shape index (κ3) is 5.71. The fourth-order valence-corrected chi connectivity index (χ4v) is 3.48. The summed E-state index contributed by atoms with van der Waals surface area (Å²) in [5.41, 5.74) is 0.824. The Balaban J connectivity index is 1.70. The largest absolute Gasteiger partial charge is 0.412 e. The number of rotatable bonds is 4. The molecule has 3 rings (SSSR count). The fourth-order valence-electron chi connectivity index (χ4n) is 3.04. The van der Waals surface area contributed by atoms with E-state index in [0.29, 0.717) is 10.7 Å². The minimum atomic E-state index is -0.554. The van der Waals surface area contributed by atoms with Crippen molar-refractivity contribution in [2.75, 3.05) is 5.32 Å². The third-order valence-electron chi connectivity index (χ3n) is 4.42. The molecule has 0 saturated heterocycles. The normalized spacial score (nSPS) is 14.4. The summed E-state index contributed by atoms with van der Waals surface area (Å²) in [6, 6.07) is 11.9. The summed E-state index contributed by atoms with van der Waals surface area (Å²) in [6.07, 6.45) is 4.76. The van der Waals surface area contributed by atoms with Crippen molar-refractivity contribution in [2.45, 2.75) is 38.1 Å². The molecule has 27 heavy (non-hydrogen) atoms. The highest BCUT2D eigenvalue weighted by Crippen LogP contribution is 2.25. The van der Waals surface area contributed by atoms with E-state index in [2.05, 4.69) is 26.6 Å². The molecule has 1 saturated carbocycles. The van der Waals surface area contributed by atoms with Crippen LogP contribution in [-0.2, 0) is 0 Å². The molecular formula is C20H20BrClN2O3. The van der Waals surface area contributed by atoms with Crippen molar-refractivity contribution in [1.29, 1.82) is 0 Å². The van der Waals surface area contributed by atoms with Gasteiger partial charge >= 0.3 is 6.09 Å². The molecule has 7 heteroatoms. The van der Waals surface area contributed by atoms with Crippen LogP contribution >= 0.6 is 27.5 Å². The second kappa shape index (κ2) is 9.24. The summed E-state index contributed by atoms with van der Waals surface area (Å²) >= 11 is 9.39. The van der Waals surface area contributed by atoms with E-state index in [0.717, 1.165) is 30.2 Å². The maximum Gasteiger partial charge on any atom is 0.412 e. The SMILES string of the molecule is O=C(NC1CCCCC1)Oc1ccc(Cl)cc1C(=O)Nc1ccc(Br)cc1. The van der Waals surface area contributed by atoms with Gasteiger partial charge in [-0.3, -0.25) is 4.79 Å². The molecule has 0 spiro atoms. The van der Waals surface area contributed by atoms with Crippen LogP contribution in [0.4, 0.5) is 10.5 Å². The molecular weight excluding hydrogens is 432 g/mol. The Labute approximate surface area is 171 Å². The van der Waals surface area contributed by atoms with Crippen LogP contribution in [0.2, 0.25) is 5.02 Å². The first-order chi connectivity index (χ1) is 13.0. The van der Waals surface area contributed by atoms with Crippen LogP contribution in [0.15, 0.2) is 46.9 Å². The lowest BCUT2D eigenvalue weighted by atomic mass is 9.96. The van der Waals surface area contributed by atoms with Crippen molar-refractivity contribution in [3.63, 3.8) is 0 Å². The average molecular weight is 452 g/mol. The number of carbonyl (C=O) groups excluding carboxylic acids is 2. The van der Waals surface area contributed by atoms with Crippen LogP contribution in [0.3, 0.4) is 0 Å². The number of nitrogens with one attached hydrogen (secondary N) is 2. The highest BCUT2D eigenvalue weighted by atomic mass is 79.9. The van der Waals surface area contributed by atoms with Crippen molar-refractivity contribution in [3.05, 3.63) is 57.5 Å². The van der Waals surface area contributed by atoms with Gasteiger partial charge < -0.3 is 15.4 Å². The number of benzene rings is 2. The van der Waals surface area contributed by atoms with Crippen molar-refractivity contribution < 1.29 is 14.3 Å². The number of anilines is 1. The van der Waals surface area contributed by atoms with E-state index in [9.17, 15) is 9.59 Å². The van der Waals surface area contributed by atoms with E-state index < -0.39 is 12.0 Å². The van der Waals surface area contributed by atoms with Crippen molar-refractivity contribution >= 4 is 45.2 Å². The van der Waals surface area contributed by atoms with E-state index in [1.54, 1.807) is 18.2 Å². The number of halogens is 2. The number of amides is 2. The molecule has 0 bridgehead atoms. The third-order valence-corrected chi connectivity index (χ3v) is 5.18. The minimum Gasteiger partial charge on any atom is -0.409 e. The lowest BCUT2D eigenvalue weighted by molar-refractivity contribution is 0.102. The molecule has 0 atom stereocenters. The molecule has 1 fully saturated rings. The van der Waals surface area contributed by atoms with Crippen LogP contribution in [0.1, 0.15) is 42.5 Å². The summed E-state index contributed by atoms with van der Waals surface area (Å²) in [5, 5.41) is 6.04. The van der Waals surface area contributed by atoms with Gasteiger partial charge in [0.25, 0.3) is 5.91 Å². The van der Waals surface area contributed by atoms with Crippen molar-refractivity contribution in [2.24, 2.45) is 0 Å². The number of ether oxygens (including phenoxy) is 1. The summed E-state index contributed by atoms with van der Waals surface area (Å²) in [4.78, 5) is 24.9. The number of hydrogen-bond acceptors (Lipinski definition) is 3. The predicted molar refractivity (Wildman–Crippen MR) is 110 cm³/mol. The minimum absolute atomic E-state index is 0.124. The number of hydrogen-bond donors (Lipinski definition) is 2. The van der Waals surface area contributed by atoms with Crippen LogP contribution in [-0.4, -0.2) is 18.0 Å². The van der Waals surface area contributed by atoms with Gasteiger partial charge in [-0.25, -0.2) is 4.79 Å². The molecule has 1 aliphatic carbocycles. The zero-order valence-electron chi connectivity index (χ0n) is 14.6.